The van der Waals surface area contributed by atoms with Gasteiger partial charge >= 0.3 is 23.9 Å². The van der Waals surface area contributed by atoms with Gasteiger partial charge in [0.1, 0.15) is 25.4 Å². The smallest absolute Gasteiger partial charge is 0.309 e. The number of carboxylic acid groups (broad SMARTS) is 1. The minimum atomic E-state index is -1.11. The van der Waals surface area contributed by atoms with Gasteiger partial charge in [-0.2, -0.15) is 0 Å². The third kappa shape index (κ3) is 8.83. The number of carbonyl (C=O) groups excluding carboxylic acids is 3. The average Bonchev–Trinajstić information content (AvgIpc) is 3.42. The van der Waals surface area contributed by atoms with Crippen LogP contribution >= 0.6 is 0 Å². The Morgan fingerprint density at radius 1 is 0.656 bits per heavy atom. The van der Waals surface area contributed by atoms with Crippen LogP contribution in [0.1, 0.15) is 141 Å². The second kappa shape index (κ2) is 18.5. The lowest BCUT2D eigenvalue weighted by Crippen LogP contribution is -2.64. The van der Waals surface area contributed by atoms with E-state index in [1.165, 1.54) is 20.8 Å². The fraction of sp³-hybridized carbons (Fsp3) is 0.880. The van der Waals surface area contributed by atoms with Crippen LogP contribution in [-0.4, -0.2) is 103 Å². The average molecular weight is 903 g/mol. The maximum Gasteiger partial charge on any atom is 0.309 e. The number of esters is 3. The van der Waals surface area contributed by atoms with Gasteiger partial charge in [0.05, 0.1) is 29.3 Å². The zero-order chi connectivity index (χ0) is 46.8. The highest BCUT2D eigenvalue weighted by molar-refractivity contribution is 5.75. The molecule has 0 aromatic rings. The van der Waals surface area contributed by atoms with E-state index < -0.39 is 90.2 Å². The van der Waals surface area contributed by atoms with Crippen LogP contribution in [0.2, 0.25) is 0 Å². The van der Waals surface area contributed by atoms with Crippen molar-refractivity contribution in [3.8, 4) is 0 Å². The van der Waals surface area contributed by atoms with Crippen molar-refractivity contribution in [2.24, 2.45) is 63.6 Å². The molecule has 3 heterocycles. The summed E-state index contributed by atoms with van der Waals surface area (Å²) in [4.78, 5) is 49.9. The summed E-state index contributed by atoms with van der Waals surface area (Å²) in [7, 11) is 0. The number of hydrogen-bond donors (Lipinski definition) is 1. The van der Waals surface area contributed by atoms with Gasteiger partial charge in [-0.1, -0.05) is 61.5 Å². The molecule has 362 valence electrons. The first-order valence-electron chi connectivity index (χ1n) is 24.3. The van der Waals surface area contributed by atoms with E-state index in [1.807, 2.05) is 27.7 Å². The van der Waals surface area contributed by atoms with E-state index in [-0.39, 0.29) is 65.7 Å². The number of aliphatic carboxylic acids is 1. The molecule has 1 N–H and O–H groups in total. The molecule has 4 saturated carbocycles. The van der Waals surface area contributed by atoms with Crippen molar-refractivity contribution < 1.29 is 66.9 Å². The summed E-state index contributed by atoms with van der Waals surface area (Å²) in [5, 5.41) is 10.6. The summed E-state index contributed by atoms with van der Waals surface area (Å²) in [6.07, 6.45) is 0.656. The molecule has 64 heavy (non-hydrogen) atoms. The normalized spacial score (nSPS) is 48.9. The molecule has 0 aromatic heterocycles. The minimum absolute atomic E-state index is 0.0122. The van der Waals surface area contributed by atoms with E-state index in [2.05, 4.69) is 34.6 Å². The molecule has 0 aromatic carbocycles. The van der Waals surface area contributed by atoms with Crippen LogP contribution in [-0.2, 0) is 61.8 Å². The van der Waals surface area contributed by atoms with Gasteiger partial charge in [-0.05, 0) is 111 Å². The van der Waals surface area contributed by atoms with Crippen molar-refractivity contribution in [3.05, 3.63) is 12.2 Å². The second-order valence-corrected chi connectivity index (χ2v) is 22.0. The monoisotopic (exact) mass is 903 g/mol. The number of carbonyl (C=O) groups is 4. The summed E-state index contributed by atoms with van der Waals surface area (Å²) in [5.41, 5.74) is -0.763. The van der Waals surface area contributed by atoms with Gasteiger partial charge in [-0.15, -0.1) is 0 Å². The highest BCUT2D eigenvalue weighted by Crippen LogP contribution is 2.73. The lowest BCUT2D eigenvalue weighted by molar-refractivity contribution is -0.385. The molecule has 8 unspecified atom stereocenters. The van der Waals surface area contributed by atoms with Crippen molar-refractivity contribution >= 4 is 23.9 Å². The zero-order valence-electron chi connectivity index (χ0n) is 40.6. The Labute approximate surface area is 380 Å². The number of ether oxygens (including phenoxy) is 9. The molecule has 7 rings (SSSR count). The fourth-order valence-electron chi connectivity index (χ4n) is 14.1. The predicted octanol–water partition coefficient (Wildman–Crippen LogP) is 8.02. The van der Waals surface area contributed by atoms with Crippen LogP contribution in [0.5, 0.6) is 0 Å². The van der Waals surface area contributed by atoms with E-state index >= 15 is 0 Å². The first-order chi connectivity index (χ1) is 30.0. The molecular weight excluding hydrogens is 825 g/mol. The fourth-order valence-corrected chi connectivity index (χ4v) is 14.1. The van der Waals surface area contributed by atoms with Gasteiger partial charge in [0, 0.05) is 38.5 Å². The Balaban J connectivity index is 1.26. The molecule has 14 nitrogen and oxygen atoms in total. The molecule has 0 radical (unpaired) electrons. The highest BCUT2D eigenvalue weighted by atomic mass is 16.8. The van der Waals surface area contributed by atoms with Crippen LogP contribution in [0.4, 0.5) is 0 Å². The predicted molar refractivity (Wildman–Crippen MR) is 233 cm³/mol. The van der Waals surface area contributed by atoms with Crippen LogP contribution in [0, 0.1) is 63.6 Å². The van der Waals surface area contributed by atoms with Gasteiger partial charge < -0.3 is 47.7 Å². The number of fused-ring (bicyclic) bond motifs is 3. The lowest BCUT2D eigenvalue weighted by atomic mass is 9.41. The second-order valence-electron chi connectivity index (χ2n) is 22.0. The zero-order valence-corrected chi connectivity index (χ0v) is 40.6. The molecule has 0 amide bonds. The Morgan fingerprint density at radius 2 is 1.27 bits per heavy atom. The standard InChI is InChI=1S/C50H78O14/c1-25-21-49-19-15-38-47(12,17-14-18-48(38,13)46(54)55)39(49)16-20-50(25,24-49)64-45-42(63-43-30(6)26(2)27(3)32(8)58-43)40(31(7)37(61-45)23-57-34(10)52)62-44-41(59-35(11)53)29(5)28(4)36(60-44)22-56-33(9)51/h26-32,36-45H,1,14-24H2,2-13H3,(H,54,55)/t26-,27+,28-,29-,30?,31+,32?,36?,37?,38?,39-,40-,41?,42?,43-,44-,45-,47+,48+,49+,50?/m0/s1. The first kappa shape index (κ1) is 49.3. The summed E-state index contributed by atoms with van der Waals surface area (Å²) >= 11 is 0. The maximum absolute atomic E-state index is 12.9. The van der Waals surface area contributed by atoms with Crippen LogP contribution < -0.4 is 0 Å². The molecule has 1 spiro atoms. The van der Waals surface area contributed by atoms with E-state index in [4.69, 9.17) is 49.2 Å². The lowest BCUT2D eigenvalue weighted by Gasteiger charge is -2.64. The van der Waals surface area contributed by atoms with Crippen molar-refractivity contribution in [1.29, 1.82) is 0 Å². The summed E-state index contributed by atoms with van der Waals surface area (Å²) in [6, 6.07) is 0. The Morgan fingerprint density at radius 3 is 1.89 bits per heavy atom. The molecule has 7 fully saturated rings. The molecule has 14 heteroatoms. The quantitative estimate of drug-likeness (QED) is 0.0864. The van der Waals surface area contributed by atoms with Gasteiger partial charge in [-0.3, -0.25) is 19.2 Å². The van der Waals surface area contributed by atoms with Gasteiger partial charge in [0.25, 0.3) is 0 Å². The molecule has 3 aliphatic heterocycles. The minimum Gasteiger partial charge on any atom is -0.481 e. The third-order valence-corrected chi connectivity index (χ3v) is 18.4. The van der Waals surface area contributed by atoms with E-state index in [1.54, 1.807) is 0 Å². The number of hydrogen-bond acceptors (Lipinski definition) is 13. The van der Waals surface area contributed by atoms with Crippen molar-refractivity contribution in [2.75, 3.05) is 13.2 Å². The first-order valence-corrected chi connectivity index (χ1v) is 24.3. The summed E-state index contributed by atoms with van der Waals surface area (Å²) in [5.74, 6) is -2.05. The van der Waals surface area contributed by atoms with E-state index in [9.17, 15) is 24.3 Å². The van der Waals surface area contributed by atoms with Crippen LogP contribution in [0.3, 0.4) is 0 Å². The Bertz CT molecular complexity index is 1770. The molecule has 21 atom stereocenters. The number of rotatable bonds is 12. The van der Waals surface area contributed by atoms with Gasteiger partial charge in [0.2, 0.25) is 0 Å². The Kier molecular flexibility index (Phi) is 14.2. The molecule has 2 bridgehead atoms. The largest absolute Gasteiger partial charge is 0.481 e. The van der Waals surface area contributed by atoms with E-state index in [0.717, 1.165) is 50.5 Å². The summed E-state index contributed by atoms with van der Waals surface area (Å²) < 4.78 is 59.2. The summed E-state index contributed by atoms with van der Waals surface area (Å²) in [6.45, 7) is 27.5. The highest BCUT2D eigenvalue weighted by Gasteiger charge is 2.69. The third-order valence-electron chi connectivity index (χ3n) is 18.4. The van der Waals surface area contributed by atoms with Crippen LogP contribution in [0.15, 0.2) is 12.2 Å². The molecule has 7 aliphatic rings. The SMILES string of the molecule is C=C1C[C@@]23CCC4[C@](C)(C(=O)O)CCC[C@@]4(C)[C@@H]2CCC1(O[C@@H]1OC(COC(C)=O)[C@@H](C)[C@H](O[C@@H]2OC(COC(C)=O)[C@@H](C)[C@H](C)C2OC(C)=O)C1O[C@@H]1OC(C)[C@H](C)[C@H](C)C1C)C3. The van der Waals surface area contributed by atoms with Gasteiger partial charge in [0.15, 0.2) is 25.0 Å². The Hall–Kier alpha value is -2.62. The van der Waals surface area contributed by atoms with E-state index in [0.29, 0.717) is 18.8 Å². The van der Waals surface area contributed by atoms with Gasteiger partial charge in [-0.25, -0.2) is 0 Å². The molecule has 4 aliphatic carbocycles. The van der Waals surface area contributed by atoms with Crippen LogP contribution in [0.25, 0.3) is 0 Å². The topological polar surface area (TPSA) is 172 Å². The maximum atomic E-state index is 12.9. The van der Waals surface area contributed by atoms with Crippen molar-refractivity contribution in [3.63, 3.8) is 0 Å². The molecular formula is C50H78O14. The molecule has 3 saturated heterocycles. The van der Waals surface area contributed by atoms with Crippen molar-refractivity contribution in [1.82, 2.24) is 0 Å². The van der Waals surface area contributed by atoms with Crippen molar-refractivity contribution in [2.45, 2.75) is 202 Å². The number of carboxylic acids is 1.